The van der Waals surface area contributed by atoms with Gasteiger partial charge in [-0.3, -0.25) is 4.90 Å². The maximum absolute atomic E-state index is 12.7. The monoisotopic (exact) mass is 288 g/mol. The lowest BCUT2D eigenvalue weighted by atomic mass is 10.1. The van der Waals surface area contributed by atoms with E-state index in [1.54, 1.807) is 13.0 Å². The molecule has 0 radical (unpaired) electrons. The third-order valence-corrected chi connectivity index (χ3v) is 3.43. The van der Waals surface area contributed by atoms with Gasteiger partial charge in [0.1, 0.15) is 0 Å². The number of aliphatic hydroxyl groups is 1. The Hall–Kier alpha value is -1.27. The number of β-amino-alcohol motifs (C(OH)–C–C–N with tert-alkyl or cyclic N) is 1. The first kappa shape index (κ1) is 15.1. The van der Waals surface area contributed by atoms with E-state index in [2.05, 4.69) is 4.90 Å². The Labute approximate surface area is 116 Å². The first-order valence-electron chi connectivity index (χ1n) is 6.69. The molecule has 0 unspecified atom stereocenters. The minimum absolute atomic E-state index is 0.380. The molecule has 1 fully saturated rings. The van der Waals surface area contributed by atoms with Crippen molar-refractivity contribution in [3.05, 3.63) is 29.8 Å². The summed E-state index contributed by atoms with van der Waals surface area (Å²) in [6, 6.07) is 5.44. The molecule has 0 spiro atoms. The van der Waals surface area contributed by atoms with Crippen LogP contribution in [0.1, 0.15) is 12.5 Å². The fourth-order valence-electron chi connectivity index (χ4n) is 2.44. The van der Waals surface area contributed by atoms with Crippen molar-refractivity contribution in [2.45, 2.75) is 19.2 Å². The van der Waals surface area contributed by atoms with E-state index in [4.69, 9.17) is 0 Å². The number of benzene rings is 1. The standard InChI is InChI=1S/C14H19F3N2O/c1-11(20)10-18-5-7-19(8-6-18)13-4-2-3-12(9-13)14(15,16)17/h2-4,9,11,20H,5-8,10H2,1H3/t11-/m1/s1. The quantitative estimate of drug-likeness (QED) is 0.924. The summed E-state index contributed by atoms with van der Waals surface area (Å²) in [5, 5.41) is 9.33. The number of hydrogen-bond donors (Lipinski definition) is 1. The first-order chi connectivity index (χ1) is 9.36. The molecule has 0 aliphatic carbocycles. The number of alkyl halides is 3. The van der Waals surface area contributed by atoms with Crippen molar-refractivity contribution in [2.75, 3.05) is 37.6 Å². The lowest BCUT2D eigenvalue weighted by Gasteiger charge is -2.36. The van der Waals surface area contributed by atoms with Gasteiger partial charge in [-0.1, -0.05) is 6.07 Å². The van der Waals surface area contributed by atoms with E-state index in [0.29, 0.717) is 25.3 Å². The minimum atomic E-state index is -4.30. The van der Waals surface area contributed by atoms with Crippen LogP contribution in [0, 0.1) is 0 Å². The van der Waals surface area contributed by atoms with Crippen LogP contribution in [0.2, 0.25) is 0 Å². The summed E-state index contributed by atoms with van der Waals surface area (Å²) in [7, 11) is 0. The third kappa shape index (κ3) is 3.86. The summed E-state index contributed by atoms with van der Waals surface area (Å²) < 4.78 is 38.1. The molecule has 1 N–H and O–H groups in total. The Balaban J connectivity index is 2.00. The number of anilines is 1. The summed E-state index contributed by atoms with van der Waals surface area (Å²) >= 11 is 0. The van der Waals surface area contributed by atoms with Gasteiger partial charge in [0.2, 0.25) is 0 Å². The lowest BCUT2D eigenvalue weighted by Crippen LogP contribution is -2.48. The van der Waals surface area contributed by atoms with Crippen LogP contribution >= 0.6 is 0 Å². The summed E-state index contributed by atoms with van der Waals surface area (Å²) in [5.41, 5.74) is -0.00191. The molecule has 1 saturated heterocycles. The van der Waals surface area contributed by atoms with Crippen LogP contribution in [0.15, 0.2) is 24.3 Å². The second-order valence-corrected chi connectivity index (χ2v) is 5.18. The van der Waals surface area contributed by atoms with Gasteiger partial charge in [0.05, 0.1) is 11.7 Å². The van der Waals surface area contributed by atoms with Crippen LogP contribution in [-0.4, -0.2) is 48.8 Å². The maximum atomic E-state index is 12.7. The summed E-state index contributed by atoms with van der Waals surface area (Å²) in [5.74, 6) is 0. The Morgan fingerprint density at radius 1 is 1.20 bits per heavy atom. The van der Waals surface area contributed by atoms with Gasteiger partial charge in [-0.15, -0.1) is 0 Å². The zero-order chi connectivity index (χ0) is 14.8. The molecular formula is C14H19F3N2O. The minimum Gasteiger partial charge on any atom is -0.392 e. The normalized spacial score (nSPS) is 19.1. The Bertz CT molecular complexity index is 440. The summed E-state index contributed by atoms with van der Waals surface area (Å²) in [6.07, 6.45) is -4.68. The molecule has 1 aromatic rings. The Morgan fingerprint density at radius 2 is 1.85 bits per heavy atom. The van der Waals surface area contributed by atoms with Gasteiger partial charge in [0.15, 0.2) is 0 Å². The molecule has 3 nitrogen and oxygen atoms in total. The molecular weight excluding hydrogens is 269 g/mol. The van der Waals surface area contributed by atoms with Gasteiger partial charge < -0.3 is 10.0 Å². The highest BCUT2D eigenvalue weighted by molar-refractivity contribution is 5.49. The fourth-order valence-corrected chi connectivity index (χ4v) is 2.44. The second kappa shape index (κ2) is 6.01. The Morgan fingerprint density at radius 3 is 2.40 bits per heavy atom. The highest BCUT2D eigenvalue weighted by atomic mass is 19.4. The van der Waals surface area contributed by atoms with E-state index >= 15 is 0 Å². The van der Waals surface area contributed by atoms with E-state index in [0.717, 1.165) is 19.2 Å². The number of aliphatic hydroxyl groups excluding tert-OH is 1. The van der Waals surface area contributed by atoms with Crippen LogP contribution in [-0.2, 0) is 6.18 Å². The molecule has 0 amide bonds. The van der Waals surface area contributed by atoms with Crippen LogP contribution in [0.5, 0.6) is 0 Å². The molecule has 1 aliphatic rings. The predicted molar refractivity (Wildman–Crippen MR) is 71.8 cm³/mol. The number of rotatable bonds is 3. The van der Waals surface area contributed by atoms with Gasteiger partial charge in [0, 0.05) is 38.4 Å². The maximum Gasteiger partial charge on any atom is 0.416 e. The molecule has 112 valence electrons. The molecule has 2 rings (SSSR count). The van der Waals surface area contributed by atoms with Crippen LogP contribution in [0.25, 0.3) is 0 Å². The number of piperazine rings is 1. The Kier molecular flexibility index (Phi) is 4.55. The van der Waals surface area contributed by atoms with Gasteiger partial charge in [-0.25, -0.2) is 0 Å². The molecule has 0 bridgehead atoms. The van der Waals surface area contributed by atoms with Crippen molar-refractivity contribution in [2.24, 2.45) is 0 Å². The van der Waals surface area contributed by atoms with Gasteiger partial charge >= 0.3 is 6.18 Å². The largest absolute Gasteiger partial charge is 0.416 e. The van der Waals surface area contributed by atoms with E-state index in [-0.39, 0.29) is 6.10 Å². The lowest BCUT2D eigenvalue weighted by molar-refractivity contribution is -0.137. The van der Waals surface area contributed by atoms with E-state index in [1.807, 2.05) is 4.90 Å². The average Bonchev–Trinajstić information content (AvgIpc) is 2.38. The summed E-state index contributed by atoms with van der Waals surface area (Å²) in [6.45, 7) is 5.19. The third-order valence-electron chi connectivity index (χ3n) is 3.43. The topological polar surface area (TPSA) is 26.7 Å². The van der Waals surface area contributed by atoms with Gasteiger partial charge in [-0.2, -0.15) is 13.2 Å². The fraction of sp³-hybridized carbons (Fsp3) is 0.571. The summed E-state index contributed by atoms with van der Waals surface area (Å²) in [4.78, 5) is 4.07. The molecule has 0 saturated carbocycles. The van der Waals surface area contributed by atoms with Crippen molar-refractivity contribution in [3.63, 3.8) is 0 Å². The highest BCUT2D eigenvalue weighted by Gasteiger charge is 2.31. The first-order valence-corrected chi connectivity index (χ1v) is 6.69. The van der Waals surface area contributed by atoms with Crippen LogP contribution in [0.4, 0.5) is 18.9 Å². The SMILES string of the molecule is C[C@@H](O)CN1CCN(c2cccc(C(F)(F)F)c2)CC1. The molecule has 20 heavy (non-hydrogen) atoms. The van der Waals surface area contributed by atoms with Gasteiger partial charge in [0.25, 0.3) is 0 Å². The average molecular weight is 288 g/mol. The number of nitrogens with zero attached hydrogens (tertiary/aromatic N) is 2. The van der Waals surface area contributed by atoms with Crippen LogP contribution in [0.3, 0.4) is 0 Å². The molecule has 6 heteroatoms. The molecule has 1 aliphatic heterocycles. The van der Waals surface area contributed by atoms with Gasteiger partial charge in [-0.05, 0) is 25.1 Å². The zero-order valence-corrected chi connectivity index (χ0v) is 11.4. The van der Waals surface area contributed by atoms with E-state index in [1.165, 1.54) is 12.1 Å². The van der Waals surface area contributed by atoms with Crippen molar-refractivity contribution in [3.8, 4) is 0 Å². The second-order valence-electron chi connectivity index (χ2n) is 5.18. The van der Waals surface area contributed by atoms with Crippen molar-refractivity contribution in [1.82, 2.24) is 4.90 Å². The molecule has 1 aromatic carbocycles. The smallest absolute Gasteiger partial charge is 0.392 e. The molecule has 1 heterocycles. The van der Waals surface area contributed by atoms with Crippen LogP contribution < -0.4 is 4.90 Å². The van der Waals surface area contributed by atoms with E-state index in [9.17, 15) is 18.3 Å². The number of hydrogen-bond acceptors (Lipinski definition) is 3. The zero-order valence-electron chi connectivity index (χ0n) is 11.4. The van der Waals surface area contributed by atoms with Crippen molar-refractivity contribution in [1.29, 1.82) is 0 Å². The molecule has 0 aromatic heterocycles. The molecule has 1 atom stereocenters. The van der Waals surface area contributed by atoms with E-state index < -0.39 is 11.7 Å². The predicted octanol–water partition coefficient (Wildman–Crippen LogP) is 2.21. The number of halogens is 3. The van der Waals surface area contributed by atoms with Crippen molar-refractivity contribution < 1.29 is 18.3 Å². The highest BCUT2D eigenvalue weighted by Crippen LogP contribution is 2.31. The van der Waals surface area contributed by atoms with Crippen molar-refractivity contribution >= 4 is 5.69 Å².